The van der Waals surface area contributed by atoms with Crippen molar-refractivity contribution < 1.29 is 14.3 Å². The van der Waals surface area contributed by atoms with Gasteiger partial charge in [-0.3, -0.25) is 9.59 Å². The lowest BCUT2D eigenvalue weighted by Crippen LogP contribution is -2.43. The van der Waals surface area contributed by atoms with Gasteiger partial charge in [-0.25, -0.2) is 0 Å². The summed E-state index contributed by atoms with van der Waals surface area (Å²) in [6.07, 6.45) is 1.97. The lowest BCUT2D eigenvalue weighted by atomic mass is 10.2. The number of likely N-dealkylation sites (N-methyl/N-ethyl adjacent to an activating group) is 1. The van der Waals surface area contributed by atoms with E-state index >= 15 is 0 Å². The Balaban J connectivity index is 1.96. The third kappa shape index (κ3) is 4.21. The van der Waals surface area contributed by atoms with Crippen molar-refractivity contribution >= 4 is 29.1 Å². The number of nitrogens with zero attached hydrogens (tertiary/aromatic N) is 1. The van der Waals surface area contributed by atoms with E-state index in [0.717, 1.165) is 25.0 Å². The molecule has 0 bridgehead atoms. The van der Waals surface area contributed by atoms with E-state index < -0.39 is 11.8 Å². The van der Waals surface area contributed by atoms with Gasteiger partial charge in [0.2, 0.25) is 0 Å². The molecule has 1 fully saturated rings. The highest BCUT2D eigenvalue weighted by molar-refractivity contribution is 6.39. The molecule has 120 valence electrons. The Labute approximate surface area is 135 Å². The fraction of sp³-hybridized carbons (Fsp3) is 0.500. The first kappa shape index (κ1) is 16.8. The molecule has 1 aromatic rings. The van der Waals surface area contributed by atoms with Crippen LogP contribution < -0.4 is 5.32 Å². The Morgan fingerprint density at radius 1 is 1.45 bits per heavy atom. The highest BCUT2D eigenvalue weighted by Gasteiger charge is 2.25. The molecule has 0 radical (unpaired) electrons. The van der Waals surface area contributed by atoms with E-state index in [4.69, 9.17) is 16.3 Å². The van der Waals surface area contributed by atoms with Crippen molar-refractivity contribution in [2.75, 3.05) is 25.0 Å². The van der Waals surface area contributed by atoms with Crippen LogP contribution in [-0.2, 0) is 14.3 Å². The predicted octanol–water partition coefficient (Wildman–Crippen LogP) is 2.61. The van der Waals surface area contributed by atoms with E-state index in [1.54, 1.807) is 18.2 Å². The number of halogens is 1. The predicted molar refractivity (Wildman–Crippen MR) is 86.0 cm³/mol. The van der Waals surface area contributed by atoms with Gasteiger partial charge in [0.25, 0.3) is 0 Å². The Morgan fingerprint density at radius 3 is 2.82 bits per heavy atom. The van der Waals surface area contributed by atoms with Crippen molar-refractivity contribution in [2.45, 2.75) is 32.8 Å². The Morgan fingerprint density at radius 2 is 2.23 bits per heavy atom. The van der Waals surface area contributed by atoms with Crippen molar-refractivity contribution in [2.24, 2.45) is 0 Å². The minimum absolute atomic E-state index is 0.0329. The van der Waals surface area contributed by atoms with Crippen molar-refractivity contribution in [3.05, 3.63) is 28.8 Å². The molecule has 22 heavy (non-hydrogen) atoms. The average Bonchev–Trinajstić information content (AvgIpc) is 3.01. The van der Waals surface area contributed by atoms with Crippen LogP contribution >= 0.6 is 11.6 Å². The fourth-order valence-electron chi connectivity index (χ4n) is 2.39. The van der Waals surface area contributed by atoms with Gasteiger partial charge in [-0.1, -0.05) is 17.7 Å². The molecule has 1 atom stereocenters. The van der Waals surface area contributed by atoms with Gasteiger partial charge in [0.1, 0.15) is 0 Å². The monoisotopic (exact) mass is 324 g/mol. The molecule has 1 aromatic carbocycles. The van der Waals surface area contributed by atoms with Crippen LogP contribution in [0.1, 0.15) is 25.3 Å². The average molecular weight is 325 g/mol. The molecule has 1 aliphatic rings. The van der Waals surface area contributed by atoms with Crippen LogP contribution in [0.5, 0.6) is 0 Å². The minimum atomic E-state index is -0.653. The Kier molecular flexibility index (Phi) is 5.80. The van der Waals surface area contributed by atoms with Crippen molar-refractivity contribution in [3.63, 3.8) is 0 Å². The maximum Gasteiger partial charge on any atom is 0.313 e. The van der Waals surface area contributed by atoms with E-state index in [2.05, 4.69) is 5.32 Å². The molecule has 0 spiro atoms. The summed E-state index contributed by atoms with van der Waals surface area (Å²) in [6, 6.07) is 5.16. The molecule has 1 N–H and O–H groups in total. The lowest BCUT2D eigenvalue weighted by molar-refractivity contribution is -0.144. The number of carbonyl (C=O) groups excluding carboxylic acids is 2. The first-order chi connectivity index (χ1) is 10.5. The van der Waals surface area contributed by atoms with E-state index in [-0.39, 0.29) is 6.10 Å². The first-order valence-corrected chi connectivity index (χ1v) is 7.87. The lowest BCUT2D eigenvalue weighted by Gasteiger charge is -2.23. The summed E-state index contributed by atoms with van der Waals surface area (Å²) < 4.78 is 5.52. The summed E-state index contributed by atoms with van der Waals surface area (Å²) in [6.45, 7) is 5.38. The van der Waals surface area contributed by atoms with Crippen LogP contribution in [0.2, 0.25) is 5.02 Å². The highest BCUT2D eigenvalue weighted by atomic mass is 35.5. The van der Waals surface area contributed by atoms with Crippen LogP contribution in [0, 0.1) is 6.92 Å². The first-order valence-electron chi connectivity index (χ1n) is 7.49. The number of carbonyl (C=O) groups is 2. The zero-order chi connectivity index (χ0) is 16.1. The second-order valence-electron chi connectivity index (χ2n) is 5.40. The van der Waals surface area contributed by atoms with Gasteiger partial charge in [-0.15, -0.1) is 0 Å². The molecule has 1 aliphatic heterocycles. The molecular weight excluding hydrogens is 304 g/mol. The number of aryl methyl sites for hydroxylation is 1. The zero-order valence-corrected chi connectivity index (χ0v) is 13.7. The maximum atomic E-state index is 12.2. The van der Waals surface area contributed by atoms with Crippen LogP contribution in [0.15, 0.2) is 18.2 Å². The quantitative estimate of drug-likeness (QED) is 0.866. The van der Waals surface area contributed by atoms with Gasteiger partial charge >= 0.3 is 11.8 Å². The molecule has 0 aromatic heterocycles. The largest absolute Gasteiger partial charge is 0.376 e. The number of rotatable bonds is 4. The number of benzene rings is 1. The molecule has 0 aliphatic carbocycles. The summed E-state index contributed by atoms with van der Waals surface area (Å²) in [5.41, 5.74) is 1.43. The topological polar surface area (TPSA) is 58.6 Å². The Bertz CT molecular complexity index is 556. The normalized spacial score (nSPS) is 17.3. The van der Waals surface area contributed by atoms with Crippen molar-refractivity contribution in [1.82, 2.24) is 4.90 Å². The van der Waals surface area contributed by atoms with Gasteiger partial charge < -0.3 is 15.0 Å². The molecule has 0 saturated carbocycles. The number of amides is 2. The summed E-state index contributed by atoms with van der Waals surface area (Å²) in [5, 5.41) is 3.15. The van der Waals surface area contributed by atoms with Gasteiger partial charge in [0.05, 0.1) is 6.10 Å². The maximum absolute atomic E-state index is 12.2. The highest BCUT2D eigenvalue weighted by Crippen LogP contribution is 2.20. The van der Waals surface area contributed by atoms with E-state index in [1.165, 1.54) is 4.90 Å². The standard InChI is InChI=1S/C16H21ClN2O3/c1-3-19(10-13-5-4-8-22-13)16(21)15(20)18-12-7-6-11(2)14(17)9-12/h6-7,9,13H,3-5,8,10H2,1-2H3,(H,18,20). The van der Waals surface area contributed by atoms with E-state index in [1.807, 2.05) is 13.8 Å². The van der Waals surface area contributed by atoms with Gasteiger partial charge in [-0.2, -0.15) is 0 Å². The molecule has 6 heteroatoms. The number of anilines is 1. The number of nitrogens with one attached hydrogen (secondary N) is 1. The summed E-state index contributed by atoms with van der Waals surface area (Å²) >= 11 is 6.02. The van der Waals surface area contributed by atoms with Crippen molar-refractivity contribution in [1.29, 1.82) is 0 Å². The molecule has 5 nitrogen and oxygen atoms in total. The van der Waals surface area contributed by atoms with Crippen LogP contribution in [-0.4, -0.2) is 42.5 Å². The second kappa shape index (κ2) is 7.61. The van der Waals surface area contributed by atoms with Crippen LogP contribution in [0.25, 0.3) is 0 Å². The molecule has 1 saturated heterocycles. The zero-order valence-electron chi connectivity index (χ0n) is 12.9. The second-order valence-corrected chi connectivity index (χ2v) is 5.80. The van der Waals surface area contributed by atoms with E-state index in [0.29, 0.717) is 23.8 Å². The van der Waals surface area contributed by atoms with Crippen molar-refractivity contribution in [3.8, 4) is 0 Å². The smallest absolute Gasteiger partial charge is 0.313 e. The van der Waals surface area contributed by atoms with E-state index in [9.17, 15) is 9.59 Å². The number of hydrogen-bond donors (Lipinski definition) is 1. The fourth-order valence-corrected chi connectivity index (χ4v) is 2.57. The molecular formula is C16H21ClN2O3. The summed E-state index contributed by atoms with van der Waals surface area (Å²) in [5.74, 6) is -1.20. The summed E-state index contributed by atoms with van der Waals surface area (Å²) in [7, 11) is 0. The van der Waals surface area contributed by atoms with Gasteiger partial charge in [0, 0.05) is 30.4 Å². The van der Waals surface area contributed by atoms with Gasteiger partial charge in [0.15, 0.2) is 0 Å². The molecule has 1 heterocycles. The molecule has 2 amide bonds. The van der Waals surface area contributed by atoms with Crippen LogP contribution in [0.3, 0.4) is 0 Å². The number of ether oxygens (including phenoxy) is 1. The Hall–Kier alpha value is -1.59. The van der Waals surface area contributed by atoms with Crippen LogP contribution in [0.4, 0.5) is 5.69 Å². The number of hydrogen-bond acceptors (Lipinski definition) is 3. The summed E-state index contributed by atoms with van der Waals surface area (Å²) in [4.78, 5) is 25.9. The minimum Gasteiger partial charge on any atom is -0.376 e. The van der Waals surface area contributed by atoms with Gasteiger partial charge in [-0.05, 0) is 44.4 Å². The molecule has 2 rings (SSSR count). The SMILES string of the molecule is CCN(CC1CCCO1)C(=O)C(=O)Nc1ccc(C)c(Cl)c1. The molecule has 1 unspecified atom stereocenters. The third-order valence-corrected chi connectivity index (χ3v) is 4.15. The third-order valence-electron chi connectivity index (χ3n) is 3.74.